The zero-order valence-electron chi connectivity index (χ0n) is 17.8. The highest BCUT2D eigenvalue weighted by Gasteiger charge is 2.51. The van der Waals surface area contributed by atoms with Gasteiger partial charge in [0.2, 0.25) is 0 Å². The molecule has 4 aromatic rings. The molecule has 0 bridgehead atoms. The third-order valence-electron chi connectivity index (χ3n) is 6.34. The fourth-order valence-corrected chi connectivity index (χ4v) is 3.93. The lowest BCUT2D eigenvalue weighted by molar-refractivity contribution is 0.00578. The molecule has 0 saturated carbocycles. The lowest BCUT2D eigenvalue weighted by Crippen LogP contribution is -2.41. The van der Waals surface area contributed by atoms with E-state index in [0.717, 1.165) is 38.9 Å². The average Bonchev–Trinajstić information content (AvgIpc) is 3.22. The molecule has 2 heterocycles. The van der Waals surface area contributed by atoms with Gasteiger partial charge in [0.25, 0.3) is 0 Å². The Morgan fingerprint density at radius 1 is 0.667 bits per heavy atom. The maximum absolute atomic E-state index is 6.36. The second-order valence-electron chi connectivity index (χ2n) is 8.88. The monoisotopic (exact) mass is 396 g/mol. The molecule has 1 aliphatic rings. The molecule has 0 unspecified atom stereocenters. The van der Waals surface area contributed by atoms with Crippen molar-refractivity contribution < 1.29 is 13.7 Å². The van der Waals surface area contributed by atoms with Crippen LogP contribution < -0.4 is 5.46 Å². The van der Waals surface area contributed by atoms with Crippen molar-refractivity contribution >= 4 is 23.6 Å². The predicted octanol–water partition coefficient (Wildman–Crippen LogP) is 6.07. The maximum Gasteiger partial charge on any atom is 0.494 e. The molecule has 0 N–H and O–H groups in total. The summed E-state index contributed by atoms with van der Waals surface area (Å²) in [6, 6.07) is 26.9. The van der Waals surface area contributed by atoms with Gasteiger partial charge in [-0.1, -0.05) is 72.8 Å². The molecule has 3 nitrogen and oxygen atoms in total. The van der Waals surface area contributed by atoms with E-state index in [1.54, 1.807) is 0 Å². The first-order valence-corrected chi connectivity index (χ1v) is 10.4. The van der Waals surface area contributed by atoms with Gasteiger partial charge in [0.1, 0.15) is 11.3 Å². The average molecular weight is 396 g/mol. The second kappa shape index (κ2) is 6.87. The number of rotatable bonds is 3. The summed E-state index contributed by atoms with van der Waals surface area (Å²) in [6.45, 7) is 8.30. The van der Waals surface area contributed by atoms with E-state index < -0.39 is 7.12 Å². The van der Waals surface area contributed by atoms with Crippen LogP contribution in [0.15, 0.2) is 83.3 Å². The molecule has 1 aromatic heterocycles. The van der Waals surface area contributed by atoms with Crippen LogP contribution in [0.5, 0.6) is 0 Å². The molecule has 0 radical (unpaired) electrons. The Bertz CT molecular complexity index is 1180. The summed E-state index contributed by atoms with van der Waals surface area (Å²) in [7, 11) is -0.405. The summed E-state index contributed by atoms with van der Waals surface area (Å²) in [6.07, 6.45) is 0. The highest BCUT2D eigenvalue weighted by molar-refractivity contribution is 6.62. The Hall–Kier alpha value is -2.82. The zero-order chi connectivity index (χ0) is 20.9. The first-order valence-electron chi connectivity index (χ1n) is 10.4. The molecule has 30 heavy (non-hydrogen) atoms. The number of fused-ring (bicyclic) bond motifs is 1. The number of furan rings is 1. The molecular weight excluding hydrogens is 371 g/mol. The number of benzene rings is 3. The zero-order valence-corrected chi connectivity index (χ0v) is 17.8. The second-order valence-corrected chi connectivity index (χ2v) is 8.88. The Morgan fingerprint density at radius 3 is 1.83 bits per heavy atom. The van der Waals surface area contributed by atoms with E-state index in [-0.39, 0.29) is 11.2 Å². The van der Waals surface area contributed by atoms with Crippen LogP contribution in [0.3, 0.4) is 0 Å². The van der Waals surface area contributed by atoms with Crippen molar-refractivity contribution in [3.05, 3.63) is 78.9 Å². The Balaban J connectivity index is 1.69. The van der Waals surface area contributed by atoms with E-state index in [1.165, 1.54) is 0 Å². The molecule has 1 fully saturated rings. The lowest BCUT2D eigenvalue weighted by atomic mass is 9.78. The van der Waals surface area contributed by atoms with Crippen molar-refractivity contribution in [3.63, 3.8) is 0 Å². The molecule has 5 rings (SSSR count). The third kappa shape index (κ3) is 3.08. The van der Waals surface area contributed by atoms with Crippen molar-refractivity contribution in [1.29, 1.82) is 0 Å². The molecule has 0 atom stereocenters. The minimum atomic E-state index is -0.405. The number of hydrogen-bond donors (Lipinski definition) is 0. The van der Waals surface area contributed by atoms with Crippen molar-refractivity contribution in [3.8, 4) is 22.5 Å². The standard InChI is InChI=1S/C26H25BO3/c1-25(2)26(3,4)30-27(29-25)20-15-16-22-21(17-20)23(18-11-7-5-8-12-18)24(28-22)19-13-9-6-10-14-19/h5-17H,1-4H3. The Kier molecular flexibility index (Phi) is 4.39. The summed E-state index contributed by atoms with van der Waals surface area (Å²) < 4.78 is 18.9. The normalized spacial score (nSPS) is 17.5. The van der Waals surface area contributed by atoms with Crippen molar-refractivity contribution in [2.75, 3.05) is 0 Å². The molecule has 0 amide bonds. The SMILES string of the molecule is CC1(C)OB(c2ccc3oc(-c4ccccc4)c(-c4ccccc4)c3c2)OC1(C)C. The van der Waals surface area contributed by atoms with Crippen LogP contribution in [0.25, 0.3) is 33.4 Å². The van der Waals surface area contributed by atoms with Crippen LogP contribution in [-0.2, 0) is 9.31 Å². The quantitative estimate of drug-likeness (QED) is 0.394. The molecule has 4 heteroatoms. The largest absolute Gasteiger partial charge is 0.494 e. The first kappa shape index (κ1) is 19.2. The van der Waals surface area contributed by atoms with Gasteiger partial charge in [0, 0.05) is 16.5 Å². The van der Waals surface area contributed by atoms with Gasteiger partial charge in [-0.25, -0.2) is 0 Å². The van der Waals surface area contributed by atoms with Crippen LogP contribution in [0.4, 0.5) is 0 Å². The summed E-state index contributed by atoms with van der Waals surface area (Å²) in [5, 5.41) is 1.06. The maximum atomic E-state index is 6.36. The topological polar surface area (TPSA) is 31.6 Å². The molecule has 0 spiro atoms. The van der Waals surface area contributed by atoms with E-state index in [2.05, 4.69) is 70.2 Å². The minimum absolute atomic E-state index is 0.375. The third-order valence-corrected chi connectivity index (χ3v) is 6.34. The molecular formula is C26H25BO3. The minimum Gasteiger partial charge on any atom is -0.455 e. The van der Waals surface area contributed by atoms with E-state index in [1.807, 2.05) is 36.4 Å². The fourth-order valence-electron chi connectivity index (χ4n) is 3.93. The number of hydrogen-bond acceptors (Lipinski definition) is 3. The van der Waals surface area contributed by atoms with Gasteiger partial charge in [-0.15, -0.1) is 0 Å². The van der Waals surface area contributed by atoms with Crippen molar-refractivity contribution in [1.82, 2.24) is 0 Å². The van der Waals surface area contributed by atoms with Crippen LogP contribution >= 0.6 is 0 Å². The van der Waals surface area contributed by atoms with Crippen molar-refractivity contribution in [2.45, 2.75) is 38.9 Å². The first-order chi connectivity index (χ1) is 14.4. The van der Waals surface area contributed by atoms with Crippen LogP contribution in [0.2, 0.25) is 0 Å². The van der Waals surface area contributed by atoms with Gasteiger partial charge in [0.05, 0.1) is 11.2 Å². The van der Waals surface area contributed by atoms with E-state index >= 15 is 0 Å². The van der Waals surface area contributed by atoms with Gasteiger partial charge in [-0.3, -0.25) is 0 Å². The highest BCUT2D eigenvalue weighted by Crippen LogP contribution is 2.41. The van der Waals surface area contributed by atoms with E-state index in [0.29, 0.717) is 0 Å². The molecule has 1 saturated heterocycles. The molecule has 3 aromatic carbocycles. The predicted molar refractivity (Wildman–Crippen MR) is 123 cm³/mol. The van der Waals surface area contributed by atoms with E-state index in [9.17, 15) is 0 Å². The van der Waals surface area contributed by atoms with Gasteiger partial charge in [-0.05, 0) is 44.8 Å². The molecule has 1 aliphatic heterocycles. The summed E-state index contributed by atoms with van der Waals surface area (Å²) >= 11 is 0. The smallest absolute Gasteiger partial charge is 0.455 e. The molecule has 0 aliphatic carbocycles. The Morgan fingerprint density at radius 2 is 1.23 bits per heavy atom. The summed E-state index contributed by atoms with van der Waals surface area (Å²) in [4.78, 5) is 0. The van der Waals surface area contributed by atoms with Gasteiger partial charge < -0.3 is 13.7 Å². The van der Waals surface area contributed by atoms with Crippen molar-refractivity contribution in [2.24, 2.45) is 0 Å². The van der Waals surface area contributed by atoms with Crippen LogP contribution in [0, 0.1) is 0 Å². The molecule has 150 valence electrons. The van der Waals surface area contributed by atoms with E-state index in [4.69, 9.17) is 13.7 Å². The van der Waals surface area contributed by atoms with Crippen LogP contribution in [0.1, 0.15) is 27.7 Å². The van der Waals surface area contributed by atoms with Gasteiger partial charge >= 0.3 is 7.12 Å². The Labute approximate surface area is 177 Å². The van der Waals surface area contributed by atoms with Crippen LogP contribution in [-0.4, -0.2) is 18.3 Å². The fraction of sp³-hybridized carbons (Fsp3) is 0.231. The highest BCUT2D eigenvalue weighted by atomic mass is 16.7. The summed E-state index contributed by atoms with van der Waals surface area (Å²) in [5.74, 6) is 0.878. The van der Waals surface area contributed by atoms with Gasteiger partial charge in [-0.2, -0.15) is 0 Å². The summed E-state index contributed by atoms with van der Waals surface area (Å²) in [5.41, 5.74) is 4.38. The van der Waals surface area contributed by atoms with Gasteiger partial charge in [0.15, 0.2) is 0 Å². The lowest BCUT2D eigenvalue weighted by Gasteiger charge is -2.32.